The summed E-state index contributed by atoms with van der Waals surface area (Å²) < 4.78 is 0. The van der Waals surface area contributed by atoms with E-state index in [0.29, 0.717) is 0 Å². The first-order valence-corrected chi connectivity index (χ1v) is 6.87. The van der Waals surface area contributed by atoms with Crippen molar-refractivity contribution < 1.29 is 0 Å². The van der Waals surface area contributed by atoms with Gasteiger partial charge in [0, 0.05) is 31.2 Å². The molecule has 2 rings (SSSR count). The van der Waals surface area contributed by atoms with Crippen molar-refractivity contribution in [3.63, 3.8) is 0 Å². The Balaban J connectivity index is 1.95. The van der Waals surface area contributed by atoms with Crippen LogP contribution in [-0.4, -0.2) is 80.1 Å². The summed E-state index contributed by atoms with van der Waals surface area (Å²) >= 11 is 0. The molecule has 17 heavy (non-hydrogen) atoms. The first-order valence-electron chi connectivity index (χ1n) is 6.87. The maximum Gasteiger partial charge on any atom is 0.0468 e. The minimum absolute atomic E-state index is 0.220. The highest BCUT2D eigenvalue weighted by Crippen LogP contribution is 2.27. The molecule has 0 aromatic rings. The van der Waals surface area contributed by atoms with Crippen LogP contribution in [-0.2, 0) is 0 Å². The van der Waals surface area contributed by atoms with Crippen LogP contribution in [0, 0.1) is 0 Å². The molecule has 0 aromatic heterocycles. The Morgan fingerprint density at radius 2 is 2.12 bits per heavy atom. The number of rotatable bonds is 4. The SMILES string of the molecule is CN1CCC(CN)(N(C)CC2CCCN2C)C1. The third-order valence-corrected chi connectivity index (χ3v) is 4.87. The van der Waals surface area contributed by atoms with Crippen LogP contribution >= 0.6 is 0 Å². The molecule has 2 fully saturated rings. The monoisotopic (exact) mass is 240 g/mol. The fraction of sp³-hybridized carbons (Fsp3) is 1.00. The lowest BCUT2D eigenvalue weighted by molar-refractivity contribution is 0.102. The summed E-state index contributed by atoms with van der Waals surface area (Å²) in [6, 6.07) is 0.731. The van der Waals surface area contributed by atoms with Crippen LogP contribution < -0.4 is 5.73 Å². The highest BCUT2D eigenvalue weighted by atomic mass is 15.3. The van der Waals surface area contributed by atoms with Gasteiger partial charge in [-0.3, -0.25) is 4.90 Å². The van der Waals surface area contributed by atoms with Gasteiger partial charge in [-0.1, -0.05) is 0 Å². The molecule has 100 valence electrons. The Morgan fingerprint density at radius 3 is 2.59 bits per heavy atom. The summed E-state index contributed by atoms with van der Waals surface area (Å²) in [6.45, 7) is 5.51. The molecule has 0 aromatic carbocycles. The zero-order valence-electron chi connectivity index (χ0n) is 11.7. The van der Waals surface area contributed by atoms with E-state index in [2.05, 4.69) is 35.8 Å². The van der Waals surface area contributed by atoms with E-state index in [1.165, 1.54) is 38.9 Å². The number of likely N-dealkylation sites (tertiary alicyclic amines) is 2. The van der Waals surface area contributed by atoms with E-state index in [4.69, 9.17) is 5.73 Å². The largest absolute Gasteiger partial charge is 0.329 e. The summed E-state index contributed by atoms with van der Waals surface area (Å²) in [5, 5.41) is 0. The third kappa shape index (κ3) is 2.65. The summed E-state index contributed by atoms with van der Waals surface area (Å²) in [5.41, 5.74) is 6.28. The fourth-order valence-corrected chi connectivity index (χ4v) is 3.41. The highest BCUT2D eigenvalue weighted by Gasteiger charge is 2.40. The van der Waals surface area contributed by atoms with E-state index >= 15 is 0 Å². The molecule has 4 nitrogen and oxygen atoms in total. The normalized spacial score (nSPS) is 36.2. The molecule has 2 saturated heterocycles. The first kappa shape index (κ1) is 13.3. The van der Waals surface area contributed by atoms with Gasteiger partial charge in [-0.2, -0.15) is 0 Å². The quantitative estimate of drug-likeness (QED) is 0.753. The van der Waals surface area contributed by atoms with E-state index in [0.717, 1.165) is 19.1 Å². The van der Waals surface area contributed by atoms with Crippen molar-refractivity contribution in [1.82, 2.24) is 14.7 Å². The molecule has 0 aliphatic carbocycles. The van der Waals surface area contributed by atoms with Crippen molar-refractivity contribution in [3.8, 4) is 0 Å². The molecule has 2 heterocycles. The lowest BCUT2D eigenvalue weighted by Crippen LogP contribution is -2.56. The van der Waals surface area contributed by atoms with Gasteiger partial charge >= 0.3 is 0 Å². The zero-order chi connectivity index (χ0) is 12.5. The van der Waals surface area contributed by atoms with Crippen LogP contribution in [0.3, 0.4) is 0 Å². The highest BCUT2D eigenvalue weighted by molar-refractivity contribution is 4.99. The van der Waals surface area contributed by atoms with Crippen LogP contribution in [0.25, 0.3) is 0 Å². The topological polar surface area (TPSA) is 35.7 Å². The van der Waals surface area contributed by atoms with Crippen LogP contribution in [0.2, 0.25) is 0 Å². The standard InChI is InChI=1S/C13H28N4/c1-15-8-6-13(10-14,11-15)17(3)9-12-5-4-7-16(12)2/h12H,4-11,14H2,1-3H3. The molecular formula is C13H28N4. The van der Waals surface area contributed by atoms with Crippen molar-refractivity contribution >= 4 is 0 Å². The molecule has 0 bridgehead atoms. The second-order valence-electron chi connectivity index (χ2n) is 6.07. The fourth-order valence-electron chi connectivity index (χ4n) is 3.41. The Labute approximate surface area is 106 Å². The van der Waals surface area contributed by atoms with Crippen LogP contribution in [0.5, 0.6) is 0 Å². The average Bonchev–Trinajstić information content (AvgIpc) is 2.87. The maximum atomic E-state index is 6.06. The molecule has 0 saturated carbocycles. The number of nitrogens with zero attached hydrogens (tertiary/aromatic N) is 3. The van der Waals surface area contributed by atoms with E-state index in [1.54, 1.807) is 0 Å². The van der Waals surface area contributed by atoms with Crippen LogP contribution in [0.1, 0.15) is 19.3 Å². The number of nitrogens with two attached hydrogens (primary N) is 1. The van der Waals surface area contributed by atoms with Gasteiger partial charge in [-0.25, -0.2) is 0 Å². The predicted molar refractivity (Wildman–Crippen MR) is 72.2 cm³/mol. The van der Waals surface area contributed by atoms with Gasteiger partial charge in [-0.15, -0.1) is 0 Å². The van der Waals surface area contributed by atoms with Crippen molar-refractivity contribution in [1.29, 1.82) is 0 Å². The van der Waals surface area contributed by atoms with E-state index in [-0.39, 0.29) is 5.54 Å². The Hall–Kier alpha value is -0.160. The molecule has 2 atom stereocenters. The number of hydrogen-bond acceptors (Lipinski definition) is 4. The molecule has 2 aliphatic heterocycles. The molecule has 0 amide bonds. The number of likely N-dealkylation sites (N-methyl/N-ethyl adjacent to an activating group) is 3. The van der Waals surface area contributed by atoms with Gasteiger partial charge in [0.2, 0.25) is 0 Å². The smallest absolute Gasteiger partial charge is 0.0468 e. The van der Waals surface area contributed by atoms with Gasteiger partial charge < -0.3 is 15.5 Å². The van der Waals surface area contributed by atoms with Crippen molar-refractivity contribution in [2.75, 3.05) is 53.9 Å². The molecule has 4 heteroatoms. The van der Waals surface area contributed by atoms with Gasteiger partial charge in [0.15, 0.2) is 0 Å². The van der Waals surface area contributed by atoms with E-state index in [9.17, 15) is 0 Å². The van der Waals surface area contributed by atoms with Crippen molar-refractivity contribution in [2.45, 2.75) is 30.8 Å². The molecular weight excluding hydrogens is 212 g/mol. The third-order valence-electron chi connectivity index (χ3n) is 4.87. The minimum atomic E-state index is 0.220. The minimum Gasteiger partial charge on any atom is -0.329 e. The van der Waals surface area contributed by atoms with Gasteiger partial charge in [0.25, 0.3) is 0 Å². The van der Waals surface area contributed by atoms with Crippen LogP contribution in [0.15, 0.2) is 0 Å². The second-order valence-corrected chi connectivity index (χ2v) is 6.07. The summed E-state index contributed by atoms with van der Waals surface area (Å²) in [4.78, 5) is 7.43. The maximum absolute atomic E-state index is 6.06. The molecule has 2 aliphatic rings. The number of hydrogen-bond donors (Lipinski definition) is 1. The Kier molecular flexibility index (Phi) is 4.08. The lowest BCUT2D eigenvalue weighted by Gasteiger charge is -2.40. The lowest BCUT2D eigenvalue weighted by atomic mass is 9.96. The Bertz CT molecular complexity index is 258. The predicted octanol–water partition coefficient (Wildman–Crippen LogP) is 0.0454. The molecule has 2 unspecified atom stereocenters. The summed E-state index contributed by atoms with van der Waals surface area (Å²) in [7, 11) is 6.71. The Morgan fingerprint density at radius 1 is 1.35 bits per heavy atom. The van der Waals surface area contributed by atoms with E-state index in [1.807, 2.05) is 0 Å². The zero-order valence-corrected chi connectivity index (χ0v) is 11.7. The summed E-state index contributed by atoms with van der Waals surface area (Å²) in [6.07, 6.45) is 3.91. The molecule has 0 radical (unpaired) electrons. The van der Waals surface area contributed by atoms with Crippen molar-refractivity contribution in [2.24, 2.45) is 5.73 Å². The van der Waals surface area contributed by atoms with Gasteiger partial charge in [0.05, 0.1) is 0 Å². The second kappa shape index (κ2) is 5.22. The summed E-state index contributed by atoms with van der Waals surface area (Å²) in [5.74, 6) is 0. The average molecular weight is 240 g/mol. The van der Waals surface area contributed by atoms with Crippen molar-refractivity contribution in [3.05, 3.63) is 0 Å². The molecule has 0 spiro atoms. The van der Waals surface area contributed by atoms with Crippen LogP contribution in [0.4, 0.5) is 0 Å². The first-order chi connectivity index (χ1) is 8.07. The molecule has 2 N–H and O–H groups in total. The van der Waals surface area contributed by atoms with Gasteiger partial charge in [-0.05, 0) is 53.5 Å². The van der Waals surface area contributed by atoms with E-state index < -0.39 is 0 Å². The van der Waals surface area contributed by atoms with Gasteiger partial charge in [0.1, 0.15) is 0 Å².